The molecule has 1 aromatic rings. The van der Waals surface area contributed by atoms with Gasteiger partial charge in [0.25, 0.3) is 0 Å². The maximum atomic E-state index is 13.5. The summed E-state index contributed by atoms with van der Waals surface area (Å²) in [7, 11) is 1.70. The summed E-state index contributed by atoms with van der Waals surface area (Å²) >= 11 is 3.15. The van der Waals surface area contributed by atoms with E-state index in [1.165, 1.54) is 6.07 Å². The molecule has 2 unspecified atom stereocenters. The average molecular weight is 388 g/mol. The van der Waals surface area contributed by atoms with E-state index in [0.717, 1.165) is 18.6 Å². The number of halogens is 2. The molecule has 0 saturated carbocycles. The van der Waals surface area contributed by atoms with Crippen molar-refractivity contribution < 1.29 is 13.9 Å². The molecular formula is C16H23BrFN3O2. The predicted octanol–water partition coefficient (Wildman–Crippen LogP) is 2.45. The van der Waals surface area contributed by atoms with Crippen molar-refractivity contribution in [2.75, 3.05) is 26.9 Å². The first kappa shape index (κ1) is 18.2. The zero-order chi connectivity index (χ0) is 16.7. The minimum atomic E-state index is -0.271. The Labute approximate surface area is 144 Å². The molecule has 0 amide bonds. The smallest absolute Gasteiger partial charge is 0.191 e. The van der Waals surface area contributed by atoms with Gasteiger partial charge in [0.15, 0.2) is 5.96 Å². The normalized spacial score (nSPS) is 19.7. The summed E-state index contributed by atoms with van der Waals surface area (Å²) in [4.78, 5) is 4.17. The van der Waals surface area contributed by atoms with E-state index in [1.807, 2.05) is 13.0 Å². The van der Waals surface area contributed by atoms with E-state index in [2.05, 4.69) is 31.6 Å². The molecule has 0 aliphatic carbocycles. The van der Waals surface area contributed by atoms with Gasteiger partial charge in [-0.15, -0.1) is 0 Å². The van der Waals surface area contributed by atoms with Gasteiger partial charge >= 0.3 is 0 Å². The van der Waals surface area contributed by atoms with Crippen molar-refractivity contribution in [3.05, 3.63) is 34.1 Å². The maximum absolute atomic E-state index is 13.5. The van der Waals surface area contributed by atoms with Crippen LogP contribution in [0.25, 0.3) is 0 Å². The number of ether oxygens (including phenoxy) is 2. The van der Waals surface area contributed by atoms with Gasteiger partial charge in [0, 0.05) is 26.2 Å². The first-order chi connectivity index (χ1) is 11.1. The van der Waals surface area contributed by atoms with E-state index in [1.54, 1.807) is 13.1 Å². The molecule has 1 fully saturated rings. The predicted molar refractivity (Wildman–Crippen MR) is 92.1 cm³/mol. The van der Waals surface area contributed by atoms with Crippen LogP contribution in [0, 0.1) is 5.82 Å². The van der Waals surface area contributed by atoms with Crippen LogP contribution >= 0.6 is 15.9 Å². The standard InChI is InChI=1S/C16H23BrFN3O2/c1-11(9-23-13-5-6-22-10-13)21-16(19-2)20-8-12-3-4-14(17)15(18)7-12/h3-4,7,11,13H,5-6,8-10H2,1-2H3,(H2,19,20,21). The van der Waals surface area contributed by atoms with Gasteiger partial charge in [0.05, 0.1) is 23.8 Å². The summed E-state index contributed by atoms with van der Waals surface area (Å²) in [5, 5.41) is 6.42. The number of nitrogens with zero attached hydrogens (tertiary/aromatic N) is 1. The number of hydrogen-bond acceptors (Lipinski definition) is 3. The molecule has 1 saturated heterocycles. The summed E-state index contributed by atoms with van der Waals surface area (Å²) in [6, 6.07) is 5.17. The maximum Gasteiger partial charge on any atom is 0.191 e. The molecule has 1 heterocycles. The highest BCUT2D eigenvalue weighted by atomic mass is 79.9. The Balaban J connectivity index is 1.74. The van der Waals surface area contributed by atoms with Crippen LogP contribution in [0.3, 0.4) is 0 Å². The number of guanidine groups is 1. The highest BCUT2D eigenvalue weighted by Gasteiger charge is 2.17. The lowest BCUT2D eigenvalue weighted by Gasteiger charge is -2.19. The molecule has 0 aromatic heterocycles. The highest BCUT2D eigenvalue weighted by Crippen LogP contribution is 2.16. The van der Waals surface area contributed by atoms with Crippen molar-refractivity contribution in [1.29, 1.82) is 0 Å². The van der Waals surface area contributed by atoms with Crippen molar-refractivity contribution in [3.8, 4) is 0 Å². The largest absolute Gasteiger partial charge is 0.379 e. The fourth-order valence-corrected chi connectivity index (χ4v) is 2.48. The van der Waals surface area contributed by atoms with Crippen LogP contribution in [0.5, 0.6) is 0 Å². The Bertz CT molecular complexity index is 536. The molecule has 1 aliphatic rings. The number of rotatable bonds is 6. The highest BCUT2D eigenvalue weighted by molar-refractivity contribution is 9.10. The first-order valence-electron chi connectivity index (χ1n) is 7.69. The van der Waals surface area contributed by atoms with E-state index in [-0.39, 0.29) is 18.0 Å². The van der Waals surface area contributed by atoms with E-state index in [4.69, 9.17) is 9.47 Å². The molecule has 7 heteroatoms. The second-order valence-corrected chi connectivity index (χ2v) is 6.39. The van der Waals surface area contributed by atoms with Crippen LogP contribution in [-0.4, -0.2) is 45.0 Å². The summed E-state index contributed by atoms with van der Waals surface area (Å²) in [6.07, 6.45) is 1.15. The van der Waals surface area contributed by atoms with Gasteiger partial charge in [0.2, 0.25) is 0 Å². The lowest BCUT2D eigenvalue weighted by Crippen LogP contribution is -2.44. The molecule has 0 radical (unpaired) electrons. The topological polar surface area (TPSA) is 54.9 Å². The molecular weight excluding hydrogens is 365 g/mol. The third-order valence-electron chi connectivity index (χ3n) is 3.52. The third kappa shape index (κ3) is 6.08. The second kappa shape index (κ2) is 9.20. The minimum Gasteiger partial charge on any atom is -0.379 e. The van der Waals surface area contributed by atoms with E-state index in [0.29, 0.717) is 30.2 Å². The number of aliphatic imine (C=N–C) groups is 1. The number of benzene rings is 1. The summed E-state index contributed by atoms with van der Waals surface area (Å²) in [5.41, 5.74) is 0.848. The monoisotopic (exact) mass is 387 g/mol. The van der Waals surface area contributed by atoms with Crippen LogP contribution in [0.15, 0.2) is 27.7 Å². The van der Waals surface area contributed by atoms with Crippen molar-refractivity contribution >= 4 is 21.9 Å². The fraction of sp³-hybridized carbons (Fsp3) is 0.562. The Morgan fingerprint density at radius 3 is 3.04 bits per heavy atom. The van der Waals surface area contributed by atoms with E-state index in [9.17, 15) is 4.39 Å². The molecule has 2 rings (SSSR count). The van der Waals surface area contributed by atoms with Crippen LogP contribution in [0.2, 0.25) is 0 Å². The van der Waals surface area contributed by atoms with Crippen LogP contribution < -0.4 is 10.6 Å². The number of nitrogens with one attached hydrogen (secondary N) is 2. The van der Waals surface area contributed by atoms with Gasteiger partial charge in [-0.25, -0.2) is 4.39 Å². The molecule has 2 atom stereocenters. The molecule has 0 bridgehead atoms. The van der Waals surface area contributed by atoms with Crippen molar-refractivity contribution in [3.63, 3.8) is 0 Å². The first-order valence-corrected chi connectivity index (χ1v) is 8.48. The summed E-state index contributed by atoms with van der Waals surface area (Å²) < 4.78 is 25.0. The van der Waals surface area contributed by atoms with Gasteiger partial charge in [-0.1, -0.05) is 6.07 Å². The van der Waals surface area contributed by atoms with Crippen LogP contribution in [0.4, 0.5) is 4.39 Å². The SMILES string of the molecule is CN=C(NCc1ccc(Br)c(F)c1)NC(C)COC1CCOC1. The Morgan fingerprint density at radius 2 is 2.39 bits per heavy atom. The molecule has 1 aliphatic heterocycles. The van der Waals surface area contributed by atoms with Crippen molar-refractivity contribution in [1.82, 2.24) is 10.6 Å². The van der Waals surface area contributed by atoms with Crippen molar-refractivity contribution in [2.24, 2.45) is 4.99 Å². The molecule has 0 spiro atoms. The van der Waals surface area contributed by atoms with Crippen molar-refractivity contribution in [2.45, 2.75) is 32.0 Å². The average Bonchev–Trinajstić information content (AvgIpc) is 3.06. The van der Waals surface area contributed by atoms with Gasteiger partial charge in [-0.2, -0.15) is 0 Å². The van der Waals surface area contributed by atoms with E-state index >= 15 is 0 Å². The van der Waals surface area contributed by atoms with Gasteiger partial charge in [0.1, 0.15) is 5.82 Å². The Morgan fingerprint density at radius 1 is 1.57 bits per heavy atom. The molecule has 23 heavy (non-hydrogen) atoms. The van der Waals surface area contributed by atoms with Crippen LogP contribution in [-0.2, 0) is 16.0 Å². The number of hydrogen-bond donors (Lipinski definition) is 2. The van der Waals surface area contributed by atoms with Gasteiger partial charge < -0.3 is 20.1 Å². The molecule has 1 aromatic carbocycles. The van der Waals surface area contributed by atoms with Gasteiger partial charge in [-0.3, -0.25) is 4.99 Å². The second-order valence-electron chi connectivity index (χ2n) is 5.54. The Hall–Kier alpha value is -1.18. The zero-order valence-electron chi connectivity index (χ0n) is 13.4. The zero-order valence-corrected chi connectivity index (χ0v) is 15.0. The lowest BCUT2D eigenvalue weighted by atomic mass is 10.2. The summed E-state index contributed by atoms with van der Waals surface area (Å²) in [5.74, 6) is 0.389. The van der Waals surface area contributed by atoms with Gasteiger partial charge in [-0.05, 0) is 47.0 Å². The molecule has 128 valence electrons. The lowest BCUT2D eigenvalue weighted by molar-refractivity contribution is 0.0347. The fourth-order valence-electron chi connectivity index (χ4n) is 2.23. The quantitative estimate of drug-likeness (QED) is 0.581. The minimum absolute atomic E-state index is 0.114. The van der Waals surface area contributed by atoms with E-state index < -0.39 is 0 Å². The third-order valence-corrected chi connectivity index (χ3v) is 4.16. The molecule has 2 N–H and O–H groups in total. The van der Waals surface area contributed by atoms with Crippen LogP contribution in [0.1, 0.15) is 18.9 Å². The summed E-state index contributed by atoms with van der Waals surface area (Å²) in [6.45, 7) is 4.56. The molecule has 5 nitrogen and oxygen atoms in total. The Kier molecular flexibility index (Phi) is 7.26.